The first-order chi connectivity index (χ1) is 12.6. The van der Waals surface area contributed by atoms with Gasteiger partial charge in [0, 0.05) is 32.7 Å². The third-order valence-electron chi connectivity index (χ3n) is 5.50. The predicted molar refractivity (Wildman–Crippen MR) is 98.6 cm³/mol. The van der Waals surface area contributed by atoms with E-state index in [-0.39, 0.29) is 11.9 Å². The van der Waals surface area contributed by atoms with Gasteiger partial charge in [0.05, 0.1) is 18.3 Å². The largest absolute Gasteiger partial charge is 0.444 e. The molecule has 1 amide bonds. The minimum absolute atomic E-state index is 0.103. The van der Waals surface area contributed by atoms with Gasteiger partial charge in [-0.2, -0.15) is 0 Å². The average molecular weight is 354 g/mol. The van der Waals surface area contributed by atoms with Gasteiger partial charge in [0.15, 0.2) is 0 Å². The highest BCUT2D eigenvalue weighted by molar-refractivity contribution is 5.82. The van der Waals surface area contributed by atoms with Crippen LogP contribution in [0.5, 0.6) is 0 Å². The molecule has 4 rings (SSSR count). The van der Waals surface area contributed by atoms with Crippen molar-refractivity contribution in [2.45, 2.75) is 39.4 Å². The van der Waals surface area contributed by atoms with E-state index < -0.39 is 0 Å². The Morgan fingerprint density at radius 2 is 1.92 bits per heavy atom. The number of rotatable bonds is 3. The van der Waals surface area contributed by atoms with Gasteiger partial charge in [-0.3, -0.25) is 9.69 Å². The Hall–Kier alpha value is -2.18. The summed E-state index contributed by atoms with van der Waals surface area (Å²) in [5.41, 5.74) is 3.55. The van der Waals surface area contributed by atoms with Crippen LogP contribution in [0.15, 0.2) is 28.7 Å². The van der Waals surface area contributed by atoms with Crippen molar-refractivity contribution >= 4 is 5.91 Å². The molecule has 1 aromatic carbocycles. The molecule has 0 saturated carbocycles. The van der Waals surface area contributed by atoms with Crippen LogP contribution in [0.3, 0.4) is 0 Å². The van der Waals surface area contributed by atoms with Gasteiger partial charge in [-0.15, -0.1) is 0 Å². The molecule has 2 aromatic rings. The number of carbonyl (C=O) groups is 1. The van der Waals surface area contributed by atoms with Crippen LogP contribution >= 0.6 is 0 Å². The maximum absolute atomic E-state index is 12.9. The summed E-state index contributed by atoms with van der Waals surface area (Å²) in [6, 6.07) is 8.27. The molecule has 1 atom stereocenters. The van der Waals surface area contributed by atoms with Gasteiger partial charge < -0.3 is 14.6 Å². The molecule has 0 bridgehead atoms. The van der Waals surface area contributed by atoms with Crippen LogP contribution in [0, 0.1) is 13.8 Å². The van der Waals surface area contributed by atoms with E-state index in [1.54, 1.807) is 0 Å². The number of nitrogens with zero attached hydrogens (tertiary/aromatic N) is 3. The van der Waals surface area contributed by atoms with Crippen molar-refractivity contribution in [3.8, 4) is 0 Å². The molecule has 0 aliphatic carbocycles. The van der Waals surface area contributed by atoms with E-state index in [2.05, 4.69) is 39.5 Å². The number of aromatic nitrogens is 1. The van der Waals surface area contributed by atoms with Gasteiger partial charge in [0.1, 0.15) is 5.76 Å². The zero-order valence-corrected chi connectivity index (χ0v) is 15.5. The number of hydrogen-bond donors (Lipinski definition) is 1. The summed E-state index contributed by atoms with van der Waals surface area (Å²) in [5, 5.41) is 3.40. The monoisotopic (exact) mass is 354 g/mol. The van der Waals surface area contributed by atoms with Gasteiger partial charge in [-0.1, -0.05) is 24.3 Å². The molecule has 3 heterocycles. The molecule has 2 aliphatic rings. The standard InChI is InChI=1S/C20H26N4O2/c1-14-15(2)26-19(22-14)13-23-7-9-24(10-8-23)20(25)18-11-16-5-3-4-6-17(16)12-21-18/h3-6,18,21H,7-13H2,1-2H3/t18-/m0/s1. The second-order valence-electron chi connectivity index (χ2n) is 7.26. The molecular weight excluding hydrogens is 328 g/mol. The molecule has 2 aliphatic heterocycles. The lowest BCUT2D eigenvalue weighted by Crippen LogP contribution is -2.55. The number of aryl methyl sites for hydroxylation is 2. The van der Waals surface area contributed by atoms with Gasteiger partial charge in [-0.25, -0.2) is 4.98 Å². The van der Waals surface area contributed by atoms with Crippen LogP contribution in [0.2, 0.25) is 0 Å². The van der Waals surface area contributed by atoms with E-state index in [1.165, 1.54) is 11.1 Å². The summed E-state index contributed by atoms with van der Waals surface area (Å²) in [4.78, 5) is 21.6. The van der Waals surface area contributed by atoms with E-state index in [1.807, 2.05) is 18.7 Å². The van der Waals surface area contributed by atoms with Crippen LogP contribution in [-0.2, 0) is 24.3 Å². The molecule has 0 unspecified atom stereocenters. The maximum Gasteiger partial charge on any atom is 0.240 e. The zero-order valence-electron chi connectivity index (χ0n) is 15.5. The Kier molecular flexibility index (Phi) is 4.78. The van der Waals surface area contributed by atoms with Crippen LogP contribution in [0.4, 0.5) is 0 Å². The summed E-state index contributed by atoms with van der Waals surface area (Å²) in [7, 11) is 0. The summed E-state index contributed by atoms with van der Waals surface area (Å²) in [6.45, 7) is 8.63. The highest BCUT2D eigenvalue weighted by Gasteiger charge is 2.30. The minimum atomic E-state index is -0.103. The average Bonchev–Trinajstić information content (AvgIpc) is 2.98. The Balaban J connectivity index is 1.31. The number of benzene rings is 1. The van der Waals surface area contributed by atoms with Crippen molar-refractivity contribution in [3.05, 3.63) is 52.7 Å². The molecule has 6 heteroatoms. The lowest BCUT2D eigenvalue weighted by molar-refractivity contribution is -0.135. The molecule has 138 valence electrons. The van der Waals surface area contributed by atoms with Gasteiger partial charge in [-0.05, 0) is 31.4 Å². The lowest BCUT2D eigenvalue weighted by Gasteiger charge is -2.37. The first-order valence-electron chi connectivity index (χ1n) is 9.34. The summed E-state index contributed by atoms with van der Waals surface area (Å²) >= 11 is 0. The molecular formula is C20H26N4O2. The molecule has 1 saturated heterocycles. The Morgan fingerprint density at radius 1 is 1.19 bits per heavy atom. The molecule has 26 heavy (non-hydrogen) atoms. The Labute approximate surface area is 154 Å². The minimum Gasteiger partial charge on any atom is -0.444 e. The van der Waals surface area contributed by atoms with Crippen LogP contribution in [0.1, 0.15) is 28.5 Å². The summed E-state index contributed by atoms with van der Waals surface area (Å²) < 4.78 is 5.68. The summed E-state index contributed by atoms with van der Waals surface area (Å²) in [5.74, 6) is 1.88. The van der Waals surface area contributed by atoms with E-state index >= 15 is 0 Å². The fraction of sp³-hybridized carbons (Fsp3) is 0.500. The topological polar surface area (TPSA) is 61.6 Å². The number of amides is 1. The quantitative estimate of drug-likeness (QED) is 0.908. The Bertz CT molecular complexity index is 773. The van der Waals surface area contributed by atoms with Gasteiger partial charge in [0.2, 0.25) is 11.8 Å². The molecule has 0 radical (unpaired) electrons. The highest BCUT2D eigenvalue weighted by Crippen LogP contribution is 2.18. The number of carbonyl (C=O) groups excluding carboxylic acids is 1. The first-order valence-corrected chi connectivity index (χ1v) is 9.34. The van der Waals surface area contributed by atoms with Crippen LogP contribution in [-0.4, -0.2) is 52.9 Å². The SMILES string of the molecule is Cc1nc(CN2CCN(C(=O)[C@@H]3Cc4ccccc4CN3)CC2)oc1C. The summed E-state index contributed by atoms with van der Waals surface area (Å²) in [6.07, 6.45) is 0.782. The second-order valence-corrected chi connectivity index (χ2v) is 7.26. The molecule has 1 aromatic heterocycles. The third kappa shape index (κ3) is 3.52. The molecule has 6 nitrogen and oxygen atoms in total. The first kappa shape index (κ1) is 17.2. The molecule has 0 spiro atoms. The zero-order chi connectivity index (χ0) is 18.1. The fourth-order valence-electron chi connectivity index (χ4n) is 3.77. The second kappa shape index (κ2) is 7.21. The van der Waals surface area contributed by atoms with Gasteiger partial charge in [0.25, 0.3) is 0 Å². The Morgan fingerprint density at radius 3 is 2.62 bits per heavy atom. The number of nitrogens with one attached hydrogen (secondary N) is 1. The van der Waals surface area contributed by atoms with Crippen molar-refractivity contribution in [2.75, 3.05) is 26.2 Å². The third-order valence-corrected chi connectivity index (χ3v) is 5.50. The maximum atomic E-state index is 12.9. The van der Waals surface area contributed by atoms with Crippen molar-refractivity contribution < 1.29 is 9.21 Å². The highest BCUT2D eigenvalue weighted by atomic mass is 16.4. The van der Waals surface area contributed by atoms with E-state index in [0.29, 0.717) is 6.54 Å². The molecule has 1 fully saturated rings. The number of piperazine rings is 1. The predicted octanol–water partition coefficient (Wildman–Crippen LogP) is 1.65. The number of fused-ring (bicyclic) bond motifs is 1. The van der Waals surface area contributed by atoms with E-state index in [9.17, 15) is 4.79 Å². The van der Waals surface area contributed by atoms with Crippen molar-refractivity contribution in [1.29, 1.82) is 0 Å². The van der Waals surface area contributed by atoms with E-state index in [4.69, 9.17) is 4.42 Å². The van der Waals surface area contributed by atoms with Crippen molar-refractivity contribution in [2.24, 2.45) is 0 Å². The van der Waals surface area contributed by atoms with E-state index in [0.717, 1.165) is 56.5 Å². The number of hydrogen-bond acceptors (Lipinski definition) is 5. The smallest absolute Gasteiger partial charge is 0.240 e. The lowest BCUT2D eigenvalue weighted by atomic mass is 9.95. The van der Waals surface area contributed by atoms with Crippen LogP contribution in [0.25, 0.3) is 0 Å². The van der Waals surface area contributed by atoms with Crippen LogP contribution < -0.4 is 5.32 Å². The van der Waals surface area contributed by atoms with Crippen molar-refractivity contribution in [1.82, 2.24) is 20.1 Å². The number of oxazole rings is 1. The van der Waals surface area contributed by atoms with Gasteiger partial charge >= 0.3 is 0 Å². The normalized spacial score (nSPS) is 20.8. The molecule has 1 N–H and O–H groups in total. The van der Waals surface area contributed by atoms with Crippen molar-refractivity contribution in [3.63, 3.8) is 0 Å². The fourth-order valence-corrected chi connectivity index (χ4v) is 3.77.